The molecule has 0 aliphatic heterocycles. The van der Waals surface area contributed by atoms with E-state index in [9.17, 15) is 13.5 Å². The molecule has 2 aliphatic carbocycles. The molecule has 0 saturated heterocycles. The lowest BCUT2D eigenvalue weighted by molar-refractivity contribution is 0.120. The van der Waals surface area contributed by atoms with E-state index >= 15 is 0 Å². The van der Waals surface area contributed by atoms with Crippen LogP contribution in [0.2, 0.25) is 0 Å². The Balaban J connectivity index is 1.73. The number of aliphatic hydroxyl groups is 1. The van der Waals surface area contributed by atoms with Gasteiger partial charge in [0.15, 0.2) is 0 Å². The summed E-state index contributed by atoms with van der Waals surface area (Å²) >= 11 is 0. The highest BCUT2D eigenvalue weighted by atomic mass is 32.2. The summed E-state index contributed by atoms with van der Waals surface area (Å²) < 4.78 is 26.2. The fourth-order valence-electron chi connectivity index (χ4n) is 2.23. The minimum absolute atomic E-state index is 0.0487. The molecule has 0 bridgehead atoms. The first-order valence-electron chi connectivity index (χ1n) is 6.23. The zero-order valence-corrected chi connectivity index (χ0v) is 10.4. The van der Waals surface area contributed by atoms with Crippen molar-refractivity contribution in [1.82, 2.24) is 4.72 Å². The Morgan fingerprint density at radius 2 is 1.69 bits per heavy atom. The van der Waals surface area contributed by atoms with Crippen LogP contribution in [-0.4, -0.2) is 31.4 Å². The van der Waals surface area contributed by atoms with Gasteiger partial charge in [0.1, 0.15) is 0 Å². The number of sulfonamides is 1. The Labute approximate surface area is 97.5 Å². The van der Waals surface area contributed by atoms with Crippen LogP contribution in [0.15, 0.2) is 0 Å². The van der Waals surface area contributed by atoms with Gasteiger partial charge >= 0.3 is 0 Å². The molecular weight excluding hydrogens is 226 g/mol. The second-order valence-corrected chi connectivity index (χ2v) is 7.05. The second kappa shape index (κ2) is 5.02. The molecule has 16 heavy (non-hydrogen) atoms. The SMILES string of the molecule is O=S(=O)(CCC1CC1)NC1CCC(O)CC1. The molecule has 0 amide bonds. The maximum absolute atomic E-state index is 11.7. The molecule has 2 rings (SSSR count). The summed E-state index contributed by atoms with van der Waals surface area (Å²) in [6, 6.07) is 0.0487. The first kappa shape index (κ1) is 12.3. The van der Waals surface area contributed by atoms with Gasteiger partial charge in [0.05, 0.1) is 11.9 Å². The molecule has 2 N–H and O–H groups in total. The van der Waals surface area contributed by atoms with Gasteiger partial charge in [-0.15, -0.1) is 0 Å². The fourth-order valence-corrected chi connectivity index (χ4v) is 3.74. The molecule has 0 radical (unpaired) electrons. The van der Waals surface area contributed by atoms with Gasteiger partial charge in [0.2, 0.25) is 10.0 Å². The predicted octanol–water partition coefficient (Wildman–Crippen LogP) is 1.01. The molecule has 5 heteroatoms. The van der Waals surface area contributed by atoms with Crippen LogP contribution in [0, 0.1) is 5.92 Å². The number of hydrogen-bond acceptors (Lipinski definition) is 3. The van der Waals surface area contributed by atoms with Gasteiger partial charge in [-0.05, 0) is 38.0 Å². The molecule has 4 nitrogen and oxygen atoms in total. The number of hydrogen-bond donors (Lipinski definition) is 2. The summed E-state index contributed by atoms with van der Waals surface area (Å²) in [5, 5.41) is 9.33. The topological polar surface area (TPSA) is 66.4 Å². The van der Waals surface area contributed by atoms with E-state index in [1.165, 1.54) is 12.8 Å². The lowest BCUT2D eigenvalue weighted by atomic mass is 9.94. The molecule has 0 heterocycles. The van der Waals surface area contributed by atoms with Gasteiger partial charge in [-0.3, -0.25) is 0 Å². The average Bonchev–Trinajstić information content (AvgIpc) is 3.02. The molecule has 94 valence electrons. The maximum atomic E-state index is 11.7. The lowest BCUT2D eigenvalue weighted by Gasteiger charge is -2.25. The standard InChI is InChI=1S/C11H21NO3S/c13-11-5-3-10(4-6-11)12-16(14,15)8-7-9-1-2-9/h9-13H,1-8H2. The van der Waals surface area contributed by atoms with E-state index < -0.39 is 10.0 Å². The van der Waals surface area contributed by atoms with Gasteiger partial charge in [0, 0.05) is 6.04 Å². The van der Waals surface area contributed by atoms with Gasteiger partial charge < -0.3 is 5.11 Å². The summed E-state index contributed by atoms with van der Waals surface area (Å²) in [6.45, 7) is 0. The van der Waals surface area contributed by atoms with Crippen LogP contribution in [0.25, 0.3) is 0 Å². The van der Waals surface area contributed by atoms with Crippen molar-refractivity contribution in [2.45, 2.75) is 57.1 Å². The van der Waals surface area contributed by atoms with Gasteiger partial charge in [-0.1, -0.05) is 12.8 Å². The molecule has 0 aromatic heterocycles. The van der Waals surface area contributed by atoms with Gasteiger partial charge in [-0.25, -0.2) is 13.1 Å². The highest BCUT2D eigenvalue weighted by molar-refractivity contribution is 7.89. The van der Waals surface area contributed by atoms with E-state index in [0.29, 0.717) is 5.92 Å². The molecule has 0 spiro atoms. The zero-order chi connectivity index (χ0) is 11.6. The van der Waals surface area contributed by atoms with Crippen LogP contribution in [0.3, 0.4) is 0 Å². The molecule has 0 atom stereocenters. The minimum atomic E-state index is -3.09. The molecule has 2 aliphatic rings. The van der Waals surface area contributed by atoms with Crippen LogP contribution in [-0.2, 0) is 10.0 Å². The van der Waals surface area contributed by atoms with E-state index in [1.54, 1.807) is 0 Å². The van der Waals surface area contributed by atoms with Crippen molar-refractivity contribution in [3.8, 4) is 0 Å². The molecule has 2 saturated carbocycles. The first-order valence-corrected chi connectivity index (χ1v) is 7.88. The van der Waals surface area contributed by atoms with E-state index in [1.807, 2.05) is 0 Å². The second-order valence-electron chi connectivity index (χ2n) is 5.17. The Kier molecular flexibility index (Phi) is 3.87. The normalized spacial score (nSPS) is 31.6. The van der Waals surface area contributed by atoms with Crippen LogP contribution < -0.4 is 4.72 Å². The average molecular weight is 247 g/mol. The smallest absolute Gasteiger partial charge is 0.211 e. The van der Waals surface area contributed by atoms with Crippen molar-refractivity contribution in [1.29, 1.82) is 0 Å². The third kappa shape index (κ3) is 4.03. The highest BCUT2D eigenvalue weighted by Gasteiger charge is 2.26. The summed E-state index contributed by atoms with van der Waals surface area (Å²) in [6.07, 6.45) is 5.95. The predicted molar refractivity (Wildman–Crippen MR) is 62.5 cm³/mol. The van der Waals surface area contributed by atoms with Gasteiger partial charge in [-0.2, -0.15) is 0 Å². The number of rotatable bonds is 5. The number of nitrogens with one attached hydrogen (secondary N) is 1. The fraction of sp³-hybridized carbons (Fsp3) is 1.00. The van der Waals surface area contributed by atoms with Crippen molar-refractivity contribution < 1.29 is 13.5 Å². The van der Waals surface area contributed by atoms with Crippen LogP contribution >= 0.6 is 0 Å². The van der Waals surface area contributed by atoms with E-state index in [0.717, 1.165) is 32.1 Å². The van der Waals surface area contributed by atoms with Crippen molar-refractivity contribution >= 4 is 10.0 Å². The summed E-state index contributed by atoms with van der Waals surface area (Å²) in [4.78, 5) is 0. The highest BCUT2D eigenvalue weighted by Crippen LogP contribution is 2.32. The molecule has 0 unspecified atom stereocenters. The summed E-state index contributed by atoms with van der Waals surface area (Å²) in [5.74, 6) is 0.932. The minimum Gasteiger partial charge on any atom is -0.393 e. The van der Waals surface area contributed by atoms with Crippen molar-refractivity contribution in [2.75, 3.05) is 5.75 Å². The Hall–Kier alpha value is -0.130. The Morgan fingerprint density at radius 3 is 2.25 bits per heavy atom. The van der Waals surface area contributed by atoms with Crippen molar-refractivity contribution in [3.63, 3.8) is 0 Å². The van der Waals surface area contributed by atoms with E-state index in [2.05, 4.69) is 4.72 Å². The molecular formula is C11H21NO3S. The Morgan fingerprint density at radius 1 is 1.06 bits per heavy atom. The monoisotopic (exact) mass is 247 g/mol. The van der Waals surface area contributed by atoms with Crippen LogP contribution in [0.4, 0.5) is 0 Å². The molecule has 0 aromatic rings. The van der Waals surface area contributed by atoms with Crippen molar-refractivity contribution in [2.24, 2.45) is 5.92 Å². The Bertz CT molecular complexity index is 316. The van der Waals surface area contributed by atoms with E-state index in [4.69, 9.17) is 0 Å². The first-order chi connectivity index (χ1) is 7.55. The largest absolute Gasteiger partial charge is 0.393 e. The van der Waals surface area contributed by atoms with Crippen molar-refractivity contribution in [3.05, 3.63) is 0 Å². The van der Waals surface area contributed by atoms with Gasteiger partial charge in [0.25, 0.3) is 0 Å². The summed E-state index contributed by atoms with van der Waals surface area (Å²) in [5.41, 5.74) is 0. The third-order valence-corrected chi connectivity index (χ3v) is 5.00. The van der Waals surface area contributed by atoms with Crippen LogP contribution in [0.1, 0.15) is 44.9 Å². The third-order valence-electron chi connectivity index (χ3n) is 3.53. The molecule has 0 aromatic carbocycles. The van der Waals surface area contributed by atoms with Crippen LogP contribution in [0.5, 0.6) is 0 Å². The maximum Gasteiger partial charge on any atom is 0.211 e. The van der Waals surface area contributed by atoms with E-state index in [-0.39, 0.29) is 17.9 Å². The zero-order valence-electron chi connectivity index (χ0n) is 9.56. The molecule has 2 fully saturated rings. The quantitative estimate of drug-likeness (QED) is 0.762. The lowest BCUT2D eigenvalue weighted by Crippen LogP contribution is -2.39. The number of aliphatic hydroxyl groups excluding tert-OH is 1. The summed E-state index contributed by atoms with van der Waals surface area (Å²) in [7, 11) is -3.09.